The lowest BCUT2D eigenvalue weighted by Gasteiger charge is -2.29. The number of nitriles is 1. The molecule has 0 radical (unpaired) electrons. The third-order valence-corrected chi connectivity index (χ3v) is 3.36. The van der Waals surface area contributed by atoms with Crippen LogP contribution in [0.25, 0.3) is 4.85 Å². The zero-order chi connectivity index (χ0) is 13.8. The summed E-state index contributed by atoms with van der Waals surface area (Å²) in [5, 5.41) is 9.20. The first-order chi connectivity index (χ1) is 8.32. The topological polar surface area (TPSA) is 28.1 Å². The second-order valence-electron chi connectivity index (χ2n) is 5.93. The van der Waals surface area contributed by atoms with E-state index in [4.69, 9.17) is 6.57 Å². The summed E-state index contributed by atoms with van der Waals surface area (Å²) in [5.74, 6) is 0.0749. The van der Waals surface area contributed by atoms with E-state index in [9.17, 15) is 5.26 Å². The predicted octanol–water partition coefficient (Wildman–Crippen LogP) is 4.41. The van der Waals surface area contributed by atoms with Crippen molar-refractivity contribution in [3.05, 3.63) is 47.3 Å². The van der Waals surface area contributed by atoms with E-state index in [0.717, 1.165) is 5.56 Å². The lowest BCUT2D eigenvalue weighted by molar-refractivity contribution is 0.339. The van der Waals surface area contributed by atoms with Crippen molar-refractivity contribution < 1.29 is 0 Å². The summed E-state index contributed by atoms with van der Waals surface area (Å²) in [7, 11) is 0. The standard InChI is InChI=1S/C16H20N2/c1-15(2,12-17)11-14(16(3,4)18-5)13-9-7-6-8-10-13/h6-10,14H,11H2,1-4H3. The fourth-order valence-electron chi connectivity index (χ4n) is 2.09. The van der Waals surface area contributed by atoms with Crippen LogP contribution in [0.4, 0.5) is 0 Å². The molecule has 0 fully saturated rings. The van der Waals surface area contributed by atoms with Crippen molar-refractivity contribution in [1.29, 1.82) is 5.26 Å². The highest BCUT2D eigenvalue weighted by Crippen LogP contribution is 2.40. The summed E-state index contributed by atoms with van der Waals surface area (Å²) in [6.45, 7) is 15.2. The minimum absolute atomic E-state index is 0.0749. The normalized spacial score (nSPS) is 13.4. The van der Waals surface area contributed by atoms with Gasteiger partial charge in [-0.1, -0.05) is 30.3 Å². The second-order valence-corrected chi connectivity index (χ2v) is 5.93. The molecule has 0 N–H and O–H groups in total. The number of hydrogen-bond donors (Lipinski definition) is 0. The van der Waals surface area contributed by atoms with Crippen molar-refractivity contribution in [1.82, 2.24) is 0 Å². The van der Waals surface area contributed by atoms with Crippen LogP contribution in [0, 0.1) is 23.3 Å². The van der Waals surface area contributed by atoms with Crippen molar-refractivity contribution in [3.63, 3.8) is 0 Å². The Hall–Kier alpha value is -1.80. The van der Waals surface area contributed by atoms with Crippen molar-refractivity contribution in [2.45, 2.75) is 45.6 Å². The maximum atomic E-state index is 9.20. The SMILES string of the molecule is [C-]#[N+]C(C)(C)C(CC(C)(C)C#N)c1ccccc1. The third kappa shape index (κ3) is 3.34. The number of hydrogen-bond acceptors (Lipinski definition) is 1. The average Bonchev–Trinajstić information content (AvgIpc) is 2.37. The quantitative estimate of drug-likeness (QED) is 0.716. The maximum Gasteiger partial charge on any atom is 0.233 e. The lowest BCUT2D eigenvalue weighted by atomic mass is 9.72. The molecule has 1 aromatic rings. The monoisotopic (exact) mass is 240 g/mol. The molecule has 0 saturated heterocycles. The Morgan fingerprint density at radius 2 is 1.78 bits per heavy atom. The van der Waals surface area contributed by atoms with E-state index >= 15 is 0 Å². The fourth-order valence-corrected chi connectivity index (χ4v) is 2.09. The Morgan fingerprint density at radius 1 is 1.22 bits per heavy atom. The number of benzene rings is 1. The Balaban J connectivity index is 3.15. The van der Waals surface area contributed by atoms with Crippen LogP contribution in [0.15, 0.2) is 30.3 Å². The van der Waals surface area contributed by atoms with Crippen LogP contribution >= 0.6 is 0 Å². The van der Waals surface area contributed by atoms with E-state index in [1.54, 1.807) is 0 Å². The molecule has 0 heterocycles. The van der Waals surface area contributed by atoms with Gasteiger partial charge in [0.25, 0.3) is 0 Å². The molecule has 18 heavy (non-hydrogen) atoms. The Morgan fingerprint density at radius 3 is 2.22 bits per heavy atom. The molecule has 1 atom stereocenters. The Bertz CT molecular complexity index is 472. The largest absolute Gasteiger partial charge is 0.310 e. The Kier molecular flexibility index (Phi) is 4.15. The summed E-state index contributed by atoms with van der Waals surface area (Å²) in [5.41, 5.74) is 0.236. The zero-order valence-electron chi connectivity index (χ0n) is 11.6. The molecule has 0 spiro atoms. The molecule has 0 aliphatic carbocycles. The van der Waals surface area contributed by atoms with E-state index in [-0.39, 0.29) is 5.92 Å². The molecule has 0 bridgehead atoms. The summed E-state index contributed by atoms with van der Waals surface area (Å²) in [6, 6.07) is 12.4. The van der Waals surface area contributed by atoms with Crippen LogP contribution in [0.3, 0.4) is 0 Å². The first-order valence-electron chi connectivity index (χ1n) is 6.17. The van der Waals surface area contributed by atoms with Crippen molar-refractivity contribution in [2.75, 3.05) is 0 Å². The fraction of sp³-hybridized carbons (Fsp3) is 0.500. The predicted molar refractivity (Wildman–Crippen MR) is 73.9 cm³/mol. The van der Waals surface area contributed by atoms with Crippen LogP contribution in [0.1, 0.15) is 45.6 Å². The van der Waals surface area contributed by atoms with Gasteiger partial charge in [-0.25, -0.2) is 6.57 Å². The molecule has 0 aliphatic heterocycles. The van der Waals surface area contributed by atoms with Crippen LogP contribution in [0.2, 0.25) is 0 Å². The molecular weight excluding hydrogens is 220 g/mol. The van der Waals surface area contributed by atoms with Crippen molar-refractivity contribution in [3.8, 4) is 6.07 Å². The summed E-state index contributed by atoms with van der Waals surface area (Å²) in [4.78, 5) is 3.76. The van der Waals surface area contributed by atoms with E-state index < -0.39 is 11.0 Å². The van der Waals surface area contributed by atoms with Crippen LogP contribution in [0.5, 0.6) is 0 Å². The lowest BCUT2D eigenvalue weighted by Crippen LogP contribution is -2.29. The van der Waals surface area contributed by atoms with Crippen LogP contribution < -0.4 is 0 Å². The molecule has 1 unspecified atom stereocenters. The van der Waals surface area contributed by atoms with Gasteiger partial charge in [-0.3, -0.25) is 0 Å². The minimum atomic E-state index is -0.491. The van der Waals surface area contributed by atoms with Crippen molar-refractivity contribution in [2.24, 2.45) is 5.41 Å². The molecule has 94 valence electrons. The van der Waals surface area contributed by atoms with E-state index in [2.05, 4.69) is 10.9 Å². The first kappa shape index (κ1) is 14.3. The minimum Gasteiger partial charge on any atom is -0.310 e. The smallest absolute Gasteiger partial charge is 0.233 e. The van der Waals surface area contributed by atoms with Crippen molar-refractivity contribution >= 4 is 0 Å². The molecular formula is C16H20N2. The molecule has 2 nitrogen and oxygen atoms in total. The van der Waals surface area contributed by atoms with Gasteiger partial charge >= 0.3 is 0 Å². The third-order valence-electron chi connectivity index (χ3n) is 3.36. The van der Waals surface area contributed by atoms with E-state index in [0.29, 0.717) is 6.42 Å². The van der Waals surface area contributed by atoms with Gasteiger partial charge in [0.15, 0.2) is 0 Å². The van der Waals surface area contributed by atoms with Gasteiger partial charge in [0.2, 0.25) is 5.54 Å². The molecule has 0 aromatic heterocycles. The molecule has 0 amide bonds. The van der Waals surface area contributed by atoms with Gasteiger partial charge in [-0.2, -0.15) is 5.26 Å². The number of rotatable bonds is 4. The maximum absolute atomic E-state index is 9.20. The van der Waals surface area contributed by atoms with Crippen LogP contribution in [-0.4, -0.2) is 5.54 Å². The Labute approximate surface area is 110 Å². The summed E-state index contributed by atoms with van der Waals surface area (Å²) >= 11 is 0. The summed E-state index contributed by atoms with van der Waals surface area (Å²) in [6.07, 6.45) is 0.697. The van der Waals surface area contributed by atoms with Gasteiger partial charge in [-0.05, 0) is 25.8 Å². The molecule has 1 aromatic carbocycles. The molecule has 0 saturated carbocycles. The van der Waals surface area contributed by atoms with Gasteiger partial charge < -0.3 is 4.85 Å². The molecule has 0 aliphatic rings. The second kappa shape index (κ2) is 5.23. The van der Waals surface area contributed by atoms with Gasteiger partial charge in [-0.15, -0.1) is 0 Å². The highest BCUT2D eigenvalue weighted by Gasteiger charge is 2.40. The number of nitrogens with zero attached hydrogens (tertiary/aromatic N) is 2. The molecule has 1 rings (SSSR count). The molecule has 2 heteroatoms. The zero-order valence-corrected chi connectivity index (χ0v) is 11.6. The van der Waals surface area contributed by atoms with Gasteiger partial charge in [0.05, 0.1) is 17.4 Å². The average molecular weight is 240 g/mol. The van der Waals surface area contributed by atoms with Gasteiger partial charge in [0, 0.05) is 13.8 Å². The van der Waals surface area contributed by atoms with E-state index in [1.165, 1.54) is 0 Å². The first-order valence-corrected chi connectivity index (χ1v) is 6.17. The van der Waals surface area contributed by atoms with Gasteiger partial charge in [0.1, 0.15) is 0 Å². The summed E-state index contributed by atoms with van der Waals surface area (Å²) < 4.78 is 0. The van der Waals surface area contributed by atoms with Crippen LogP contribution in [-0.2, 0) is 0 Å². The highest BCUT2D eigenvalue weighted by molar-refractivity contribution is 5.26. The highest BCUT2D eigenvalue weighted by atomic mass is 14.8. The van der Waals surface area contributed by atoms with E-state index in [1.807, 2.05) is 58.0 Å².